The summed E-state index contributed by atoms with van der Waals surface area (Å²) >= 11 is 6.17. The summed E-state index contributed by atoms with van der Waals surface area (Å²) in [4.78, 5) is 16.2. The van der Waals surface area contributed by atoms with Crippen molar-refractivity contribution in [3.63, 3.8) is 0 Å². The third-order valence-electron chi connectivity index (χ3n) is 5.49. The van der Waals surface area contributed by atoms with Crippen LogP contribution in [0.5, 0.6) is 5.75 Å². The molecule has 10 heteroatoms. The van der Waals surface area contributed by atoms with Gasteiger partial charge in [-0.05, 0) is 59.9 Å². The summed E-state index contributed by atoms with van der Waals surface area (Å²) in [5.41, 5.74) is 0.938. The molecule has 0 fully saturated rings. The van der Waals surface area contributed by atoms with E-state index >= 15 is 0 Å². The first-order valence-corrected chi connectivity index (χ1v) is 11.1. The Morgan fingerprint density at radius 1 is 1.09 bits per heavy atom. The lowest BCUT2D eigenvalue weighted by atomic mass is 9.96. The number of methoxy groups -OCH3 is 1. The third kappa shape index (κ3) is 6.93. The number of pyridine rings is 1. The minimum Gasteiger partial charge on any atom is -0.495 e. The highest BCUT2D eigenvalue weighted by atomic mass is 35.5. The van der Waals surface area contributed by atoms with E-state index in [2.05, 4.69) is 15.6 Å². The topological polar surface area (TPSA) is 63.2 Å². The Morgan fingerprint density at radius 3 is 2.34 bits per heavy atom. The van der Waals surface area contributed by atoms with Gasteiger partial charge in [0.2, 0.25) is 5.91 Å². The van der Waals surface area contributed by atoms with E-state index in [-0.39, 0.29) is 5.91 Å². The van der Waals surface area contributed by atoms with E-state index in [0.717, 1.165) is 11.6 Å². The summed E-state index contributed by atoms with van der Waals surface area (Å²) in [6.45, 7) is 0. The number of aromatic nitrogens is 1. The summed E-state index contributed by atoms with van der Waals surface area (Å²) in [6, 6.07) is 11.8. The number of halogens is 5. The molecule has 0 saturated carbocycles. The van der Waals surface area contributed by atoms with E-state index in [4.69, 9.17) is 16.3 Å². The van der Waals surface area contributed by atoms with Crippen molar-refractivity contribution < 1.29 is 27.1 Å². The van der Waals surface area contributed by atoms with E-state index in [1.54, 1.807) is 18.2 Å². The summed E-state index contributed by atoms with van der Waals surface area (Å²) in [5.74, 6) is -0.331. The Morgan fingerprint density at radius 2 is 1.77 bits per heavy atom. The van der Waals surface area contributed by atoms with Gasteiger partial charge in [-0.2, -0.15) is 13.2 Å². The van der Waals surface area contributed by atoms with Gasteiger partial charge in [-0.25, -0.2) is 4.39 Å². The van der Waals surface area contributed by atoms with Gasteiger partial charge in [-0.15, -0.1) is 0 Å². The van der Waals surface area contributed by atoms with Crippen LogP contribution in [0.4, 0.5) is 17.6 Å². The smallest absolute Gasteiger partial charge is 0.433 e. The van der Waals surface area contributed by atoms with Crippen molar-refractivity contribution in [3.05, 3.63) is 94.0 Å². The lowest BCUT2D eigenvalue weighted by Gasteiger charge is -2.26. The predicted octanol–water partition coefficient (Wildman–Crippen LogP) is 5.65. The van der Waals surface area contributed by atoms with Gasteiger partial charge in [0.15, 0.2) is 0 Å². The van der Waals surface area contributed by atoms with E-state index in [1.807, 2.05) is 0 Å². The Balaban J connectivity index is 1.91. The molecule has 186 valence electrons. The average Bonchev–Trinajstić information content (AvgIpc) is 2.84. The maximum atomic E-state index is 13.5. The Bertz CT molecular complexity index is 1140. The minimum atomic E-state index is -4.52. The van der Waals surface area contributed by atoms with E-state index < -0.39 is 29.8 Å². The van der Waals surface area contributed by atoms with Gasteiger partial charge in [0, 0.05) is 19.3 Å². The van der Waals surface area contributed by atoms with Crippen molar-refractivity contribution in [2.45, 2.75) is 31.1 Å². The highest BCUT2D eigenvalue weighted by molar-refractivity contribution is 6.32. The van der Waals surface area contributed by atoms with Gasteiger partial charge in [0.25, 0.3) is 0 Å². The normalized spacial score (nSPS) is 13.2. The fourth-order valence-electron chi connectivity index (χ4n) is 3.61. The summed E-state index contributed by atoms with van der Waals surface area (Å²) in [7, 11) is 2.97. The number of benzene rings is 2. The number of aryl methyl sites for hydroxylation is 1. The van der Waals surface area contributed by atoms with Gasteiger partial charge < -0.3 is 10.1 Å². The number of nitrogens with zero attached hydrogens (tertiary/aromatic N) is 1. The molecule has 1 heterocycles. The maximum absolute atomic E-state index is 13.5. The number of hydrogen-bond donors (Lipinski definition) is 2. The monoisotopic (exact) mass is 509 g/mol. The molecular weight excluding hydrogens is 486 g/mol. The Hall–Kier alpha value is -3.17. The number of carbonyl (C=O) groups excluding carboxylic acids is 1. The fourth-order valence-corrected chi connectivity index (χ4v) is 3.81. The van der Waals surface area contributed by atoms with Gasteiger partial charge in [0.1, 0.15) is 23.3 Å². The molecule has 0 bridgehead atoms. The lowest BCUT2D eigenvalue weighted by molar-refractivity contribution is -0.141. The zero-order valence-corrected chi connectivity index (χ0v) is 19.8. The highest BCUT2D eigenvalue weighted by Crippen LogP contribution is 2.32. The minimum absolute atomic E-state index is 0.335. The number of amides is 1. The number of nitrogens with one attached hydrogen (secondary N) is 2. The maximum Gasteiger partial charge on any atom is 0.433 e. The molecule has 35 heavy (non-hydrogen) atoms. The molecule has 0 aliphatic carbocycles. The fraction of sp³-hybridized carbons (Fsp3) is 0.280. The van der Waals surface area contributed by atoms with Crippen molar-refractivity contribution >= 4 is 17.5 Å². The van der Waals surface area contributed by atoms with Crippen molar-refractivity contribution in [2.75, 3.05) is 14.2 Å². The second-order valence-electron chi connectivity index (χ2n) is 7.80. The van der Waals surface area contributed by atoms with Gasteiger partial charge in [-0.1, -0.05) is 35.9 Å². The molecule has 3 aromatic rings. The van der Waals surface area contributed by atoms with Crippen LogP contribution in [0, 0.1) is 5.82 Å². The molecule has 3 rings (SSSR count). The number of alkyl halides is 3. The Labute approximate surface area is 205 Å². The van der Waals surface area contributed by atoms with Crippen LogP contribution >= 0.6 is 11.6 Å². The molecular formula is C25H24ClF4N3O2. The summed E-state index contributed by atoms with van der Waals surface area (Å²) in [6.07, 6.45) is -2.54. The quantitative estimate of drug-likeness (QED) is 0.366. The zero-order valence-electron chi connectivity index (χ0n) is 19.0. The van der Waals surface area contributed by atoms with Crippen LogP contribution in [0.3, 0.4) is 0 Å². The third-order valence-corrected chi connectivity index (χ3v) is 5.81. The molecule has 0 radical (unpaired) electrons. The van der Waals surface area contributed by atoms with Crippen molar-refractivity contribution in [1.29, 1.82) is 0 Å². The number of rotatable bonds is 9. The Kier molecular flexibility index (Phi) is 8.69. The molecule has 1 aromatic heterocycles. The van der Waals surface area contributed by atoms with Gasteiger partial charge in [0.05, 0.1) is 12.1 Å². The van der Waals surface area contributed by atoms with Crippen LogP contribution in [0.2, 0.25) is 5.02 Å². The second kappa shape index (κ2) is 11.5. The van der Waals surface area contributed by atoms with E-state index in [1.165, 1.54) is 50.7 Å². The molecule has 5 nitrogen and oxygen atoms in total. The number of ether oxygens (including phenoxy) is 1. The lowest BCUT2D eigenvalue weighted by Crippen LogP contribution is -2.38. The van der Waals surface area contributed by atoms with Crippen LogP contribution in [0.15, 0.2) is 60.8 Å². The van der Waals surface area contributed by atoms with Crippen molar-refractivity contribution in [1.82, 2.24) is 15.6 Å². The SMILES string of the molecule is CNC(=O)[C@H](N[C@H](CCc1ccc(C(F)(F)F)nc1)c1ccc(Cl)c(OC)c1)c1ccc(F)cc1. The molecule has 0 aliphatic heterocycles. The molecule has 1 amide bonds. The van der Waals surface area contributed by atoms with Gasteiger partial charge >= 0.3 is 6.18 Å². The first-order chi connectivity index (χ1) is 16.6. The molecule has 0 unspecified atom stereocenters. The molecule has 0 saturated heterocycles. The first-order valence-electron chi connectivity index (χ1n) is 10.7. The van der Waals surface area contributed by atoms with Gasteiger partial charge in [-0.3, -0.25) is 15.1 Å². The second-order valence-corrected chi connectivity index (χ2v) is 8.21. The molecule has 2 aromatic carbocycles. The highest BCUT2D eigenvalue weighted by Gasteiger charge is 2.32. The van der Waals surface area contributed by atoms with Crippen molar-refractivity contribution in [3.8, 4) is 5.75 Å². The number of carbonyl (C=O) groups is 1. The molecule has 2 N–H and O–H groups in total. The largest absolute Gasteiger partial charge is 0.495 e. The van der Waals surface area contributed by atoms with Crippen LogP contribution in [-0.2, 0) is 17.4 Å². The van der Waals surface area contributed by atoms with Crippen LogP contribution in [0.25, 0.3) is 0 Å². The van der Waals surface area contributed by atoms with Crippen LogP contribution in [0.1, 0.15) is 40.9 Å². The summed E-state index contributed by atoms with van der Waals surface area (Å²) < 4.78 is 57.3. The van der Waals surface area contributed by atoms with Crippen molar-refractivity contribution in [2.24, 2.45) is 0 Å². The standard InChI is InChI=1S/C25H24ClF4N3O2/c1-31-24(34)23(16-5-8-18(27)9-6-16)33-20(17-7-10-19(26)21(13-17)35-2)11-3-15-4-12-22(32-14-15)25(28,29)30/h4-10,12-14,20,23,33H,3,11H2,1-2H3,(H,31,34)/t20-,23-/m1/s1. The predicted molar refractivity (Wildman–Crippen MR) is 125 cm³/mol. The number of hydrogen-bond acceptors (Lipinski definition) is 4. The first kappa shape index (κ1) is 26.4. The summed E-state index contributed by atoms with van der Waals surface area (Å²) in [5, 5.41) is 6.31. The number of likely N-dealkylation sites (N-methyl/N-ethyl adjacent to an activating group) is 1. The molecule has 0 spiro atoms. The molecule has 0 aliphatic rings. The van der Waals surface area contributed by atoms with E-state index in [9.17, 15) is 22.4 Å². The molecule has 2 atom stereocenters. The van der Waals surface area contributed by atoms with E-state index in [0.29, 0.717) is 34.7 Å². The van der Waals surface area contributed by atoms with Crippen LogP contribution in [-0.4, -0.2) is 25.0 Å². The van der Waals surface area contributed by atoms with Crippen LogP contribution < -0.4 is 15.4 Å². The average molecular weight is 510 g/mol. The zero-order chi connectivity index (χ0) is 25.6.